The minimum atomic E-state index is -0.187. The van der Waals surface area contributed by atoms with E-state index in [0.717, 1.165) is 42.5 Å². The van der Waals surface area contributed by atoms with Crippen LogP contribution in [-0.2, 0) is 0 Å². The van der Waals surface area contributed by atoms with Gasteiger partial charge >= 0.3 is 0 Å². The number of nitrogens with two attached hydrogens (primary N) is 1. The molecule has 2 rings (SSSR count). The Morgan fingerprint density at radius 1 is 1.12 bits per heavy atom. The zero-order chi connectivity index (χ0) is 12.0. The van der Waals surface area contributed by atoms with Crippen molar-refractivity contribution in [1.82, 2.24) is 0 Å². The Bertz CT molecular complexity index is 369. The molecular formula is C14H20FN. The lowest BCUT2D eigenvalue weighted by Gasteiger charge is -2.17. The highest BCUT2D eigenvalue weighted by Gasteiger charge is 2.11. The lowest BCUT2D eigenvalue weighted by atomic mass is 9.91. The highest BCUT2D eigenvalue weighted by molar-refractivity contribution is 5.68. The fourth-order valence-electron chi connectivity index (χ4n) is 1.93. The highest BCUT2D eigenvalue weighted by Crippen LogP contribution is 2.29. The van der Waals surface area contributed by atoms with Crippen LogP contribution < -0.4 is 5.73 Å². The van der Waals surface area contributed by atoms with Crippen molar-refractivity contribution in [1.29, 1.82) is 0 Å². The number of allylic oxidation sites excluding steroid dienone is 2. The third-order valence-corrected chi connectivity index (χ3v) is 2.68. The smallest absolute Gasteiger partial charge is 0.123 e. The summed E-state index contributed by atoms with van der Waals surface area (Å²) in [6, 6.07) is 6.69. The second kappa shape index (κ2) is 6.31. The van der Waals surface area contributed by atoms with Crippen molar-refractivity contribution in [3.05, 3.63) is 41.3 Å². The van der Waals surface area contributed by atoms with Gasteiger partial charge in [0.1, 0.15) is 5.82 Å². The summed E-state index contributed by atoms with van der Waals surface area (Å²) >= 11 is 0. The van der Waals surface area contributed by atoms with E-state index >= 15 is 0 Å². The molecule has 2 heteroatoms. The van der Waals surface area contributed by atoms with Gasteiger partial charge in [0.15, 0.2) is 0 Å². The number of rotatable bonds is 1. The fraction of sp³-hybridized carbons (Fsp3) is 0.429. The van der Waals surface area contributed by atoms with E-state index in [-0.39, 0.29) is 5.82 Å². The van der Waals surface area contributed by atoms with Crippen molar-refractivity contribution in [2.45, 2.75) is 39.5 Å². The second-order valence-electron chi connectivity index (χ2n) is 3.72. The van der Waals surface area contributed by atoms with Crippen LogP contribution in [0.1, 0.15) is 45.1 Å². The van der Waals surface area contributed by atoms with Crippen molar-refractivity contribution in [3.63, 3.8) is 0 Å². The van der Waals surface area contributed by atoms with Crippen molar-refractivity contribution >= 4 is 5.57 Å². The maximum absolute atomic E-state index is 13.0. The van der Waals surface area contributed by atoms with Crippen molar-refractivity contribution in [2.75, 3.05) is 0 Å². The summed E-state index contributed by atoms with van der Waals surface area (Å²) in [6.07, 6.45) is 4.25. The zero-order valence-electron chi connectivity index (χ0n) is 10.1. The molecule has 0 fully saturated rings. The van der Waals surface area contributed by atoms with Crippen molar-refractivity contribution in [2.24, 2.45) is 5.73 Å². The lowest BCUT2D eigenvalue weighted by molar-refractivity contribution is 0.626. The van der Waals surface area contributed by atoms with Gasteiger partial charge in [0, 0.05) is 5.70 Å². The average Bonchev–Trinajstić information content (AvgIpc) is 2.32. The van der Waals surface area contributed by atoms with Crippen LogP contribution in [0.5, 0.6) is 0 Å². The van der Waals surface area contributed by atoms with Crippen LogP contribution in [0.4, 0.5) is 4.39 Å². The van der Waals surface area contributed by atoms with Crippen LogP contribution >= 0.6 is 0 Å². The first kappa shape index (κ1) is 12.8. The van der Waals surface area contributed by atoms with E-state index in [1.165, 1.54) is 6.07 Å². The third kappa shape index (κ3) is 3.09. The molecule has 0 unspecified atom stereocenters. The van der Waals surface area contributed by atoms with Crippen molar-refractivity contribution < 1.29 is 4.39 Å². The summed E-state index contributed by atoms with van der Waals surface area (Å²) < 4.78 is 13.0. The Morgan fingerprint density at radius 2 is 1.81 bits per heavy atom. The molecule has 0 bridgehead atoms. The normalized spacial score (nSPS) is 15.4. The maximum atomic E-state index is 13.0. The van der Waals surface area contributed by atoms with Gasteiger partial charge in [-0.3, -0.25) is 0 Å². The summed E-state index contributed by atoms with van der Waals surface area (Å²) in [7, 11) is 0. The lowest BCUT2D eigenvalue weighted by Crippen LogP contribution is -2.07. The first-order valence-corrected chi connectivity index (χ1v) is 6.01. The van der Waals surface area contributed by atoms with Gasteiger partial charge < -0.3 is 5.73 Å². The molecule has 0 saturated heterocycles. The van der Waals surface area contributed by atoms with Crippen LogP contribution in [0.15, 0.2) is 30.0 Å². The molecule has 88 valence electrons. The number of benzene rings is 1. The summed E-state index contributed by atoms with van der Waals surface area (Å²) in [6.45, 7) is 4.00. The van der Waals surface area contributed by atoms with Gasteiger partial charge in [-0.05, 0) is 49.0 Å². The SMILES string of the molecule is CC.NC1=C(c2cccc(F)c2)CCCC1. The molecule has 0 radical (unpaired) electrons. The molecule has 1 aromatic carbocycles. The minimum absolute atomic E-state index is 0.187. The Labute approximate surface area is 97.2 Å². The van der Waals surface area contributed by atoms with Gasteiger partial charge in [0.25, 0.3) is 0 Å². The number of halogens is 1. The molecule has 1 aliphatic carbocycles. The average molecular weight is 221 g/mol. The first-order valence-electron chi connectivity index (χ1n) is 6.01. The molecule has 2 N–H and O–H groups in total. The van der Waals surface area contributed by atoms with E-state index in [1.807, 2.05) is 19.9 Å². The molecule has 1 aliphatic rings. The molecular weight excluding hydrogens is 201 g/mol. The third-order valence-electron chi connectivity index (χ3n) is 2.68. The predicted octanol–water partition coefficient (Wildman–Crippen LogP) is 4.10. The van der Waals surface area contributed by atoms with Crippen LogP contribution in [0, 0.1) is 5.82 Å². The standard InChI is InChI=1S/C12H14FN.C2H6/c13-10-5-3-4-9(8-10)11-6-1-2-7-12(11)14;1-2/h3-5,8H,1-2,6-7,14H2;1-2H3. The Balaban J connectivity index is 0.000000606. The van der Waals surface area contributed by atoms with Crippen LogP contribution in [-0.4, -0.2) is 0 Å². The largest absolute Gasteiger partial charge is 0.402 e. The molecule has 0 amide bonds. The zero-order valence-corrected chi connectivity index (χ0v) is 10.1. The summed E-state index contributed by atoms with van der Waals surface area (Å²) in [5.41, 5.74) is 8.93. The van der Waals surface area contributed by atoms with E-state index in [0.29, 0.717) is 0 Å². The molecule has 0 spiro atoms. The van der Waals surface area contributed by atoms with E-state index in [9.17, 15) is 4.39 Å². The van der Waals surface area contributed by atoms with Crippen LogP contribution in [0.2, 0.25) is 0 Å². The second-order valence-corrected chi connectivity index (χ2v) is 3.72. The summed E-state index contributed by atoms with van der Waals surface area (Å²) in [5.74, 6) is -0.187. The Kier molecular flexibility index (Phi) is 5.03. The maximum Gasteiger partial charge on any atom is 0.123 e. The molecule has 0 atom stereocenters. The van der Waals surface area contributed by atoms with E-state index in [1.54, 1.807) is 12.1 Å². The van der Waals surface area contributed by atoms with E-state index in [4.69, 9.17) is 5.73 Å². The Hall–Kier alpha value is -1.31. The van der Waals surface area contributed by atoms with E-state index < -0.39 is 0 Å². The predicted molar refractivity (Wildman–Crippen MR) is 67.3 cm³/mol. The van der Waals surface area contributed by atoms with Gasteiger partial charge in [-0.2, -0.15) is 0 Å². The molecule has 16 heavy (non-hydrogen) atoms. The summed E-state index contributed by atoms with van der Waals surface area (Å²) in [4.78, 5) is 0. The topological polar surface area (TPSA) is 26.0 Å². The quantitative estimate of drug-likeness (QED) is 0.759. The molecule has 1 nitrogen and oxygen atoms in total. The molecule has 0 saturated carbocycles. The molecule has 0 heterocycles. The van der Waals surface area contributed by atoms with Gasteiger partial charge in [-0.1, -0.05) is 26.0 Å². The number of hydrogen-bond acceptors (Lipinski definition) is 1. The summed E-state index contributed by atoms with van der Waals surface area (Å²) in [5, 5.41) is 0. The van der Waals surface area contributed by atoms with Gasteiger partial charge in [0.2, 0.25) is 0 Å². The fourth-order valence-corrected chi connectivity index (χ4v) is 1.93. The monoisotopic (exact) mass is 221 g/mol. The number of hydrogen-bond donors (Lipinski definition) is 1. The van der Waals surface area contributed by atoms with E-state index in [2.05, 4.69) is 0 Å². The van der Waals surface area contributed by atoms with Crippen LogP contribution in [0.3, 0.4) is 0 Å². The molecule has 0 aliphatic heterocycles. The van der Waals surface area contributed by atoms with Gasteiger partial charge in [-0.15, -0.1) is 0 Å². The highest BCUT2D eigenvalue weighted by atomic mass is 19.1. The van der Waals surface area contributed by atoms with Gasteiger partial charge in [0.05, 0.1) is 0 Å². The van der Waals surface area contributed by atoms with Gasteiger partial charge in [-0.25, -0.2) is 4.39 Å². The Morgan fingerprint density at radius 3 is 2.44 bits per heavy atom. The molecule has 1 aromatic rings. The van der Waals surface area contributed by atoms with Crippen LogP contribution in [0.25, 0.3) is 5.57 Å². The minimum Gasteiger partial charge on any atom is -0.402 e. The van der Waals surface area contributed by atoms with Crippen molar-refractivity contribution in [3.8, 4) is 0 Å². The first-order chi connectivity index (χ1) is 7.77. The molecule has 0 aromatic heterocycles.